The number of nitrogens with one attached hydrogen (secondary N) is 4. The number of anilines is 1. The van der Waals surface area contributed by atoms with E-state index in [-0.39, 0.29) is 25.5 Å². The number of furan rings is 1. The Morgan fingerprint density at radius 3 is 2.38 bits per heavy atom. The normalized spacial score (nSPS) is 11.5. The maximum atomic E-state index is 12.0. The molecule has 0 radical (unpaired) electrons. The Labute approximate surface area is 151 Å². The van der Waals surface area contributed by atoms with Crippen molar-refractivity contribution in [3.63, 3.8) is 0 Å². The van der Waals surface area contributed by atoms with Gasteiger partial charge in [-0.15, -0.1) is 0 Å². The van der Waals surface area contributed by atoms with Gasteiger partial charge < -0.3 is 20.0 Å². The highest BCUT2D eigenvalue weighted by molar-refractivity contribution is 5.95. The average Bonchev–Trinajstić information content (AvgIpc) is 3.08. The third-order valence-electron chi connectivity index (χ3n) is 3.52. The first-order valence-corrected chi connectivity index (χ1v) is 8.20. The molecule has 0 spiro atoms. The van der Waals surface area contributed by atoms with Crippen LogP contribution in [0.25, 0.3) is 0 Å². The van der Waals surface area contributed by atoms with E-state index in [0.29, 0.717) is 16.3 Å². The Morgan fingerprint density at radius 1 is 1.04 bits per heavy atom. The van der Waals surface area contributed by atoms with Crippen LogP contribution in [0.1, 0.15) is 11.3 Å². The lowest BCUT2D eigenvalue weighted by atomic mass is 10.2. The number of hydrogen-bond donors (Lipinski definition) is 4. The van der Waals surface area contributed by atoms with E-state index in [0.717, 1.165) is 5.56 Å². The number of aryl methyl sites for hydroxylation is 1. The zero-order valence-corrected chi connectivity index (χ0v) is 14.8. The molecular formula is C18H23N4O4+. The summed E-state index contributed by atoms with van der Waals surface area (Å²) in [6.07, 6.45) is 1.50. The van der Waals surface area contributed by atoms with Crippen molar-refractivity contribution in [1.29, 1.82) is 0 Å². The first-order chi connectivity index (χ1) is 12.4. The molecule has 0 saturated carbocycles. The molecule has 2 aromatic rings. The predicted molar refractivity (Wildman–Crippen MR) is 95.5 cm³/mol. The summed E-state index contributed by atoms with van der Waals surface area (Å²) in [5.74, 6) is -0.0906. The molecule has 0 bridgehead atoms. The molecule has 26 heavy (non-hydrogen) atoms. The molecule has 0 saturated heterocycles. The highest BCUT2D eigenvalue weighted by atomic mass is 16.3. The van der Waals surface area contributed by atoms with Gasteiger partial charge in [0.15, 0.2) is 13.1 Å². The van der Waals surface area contributed by atoms with Crippen LogP contribution < -0.4 is 20.9 Å². The quantitative estimate of drug-likeness (QED) is 0.561. The molecule has 8 nitrogen and oxygen atoms in total. The van der Waals surface area contributed by atoms with E-state index in [1.165, 1.54) is 6.26 Å². The molecule has 1 aromatic heterocycles. The molecule has 1 atom stereocenters. The second-order valence-corrected chi connectivity index (χ2v) is 6.04. The van der Waals surface area contributed by atoms with E-state index in [1.807, 2.05) is 31.2 Å². The summed E-state index contributed by atoms with van der Waals surface area (Å²) in [5.41, 5.74) is 1.81. The molecule has 138 valence electrons. The van der Waals surface area contributed by atoms with Gasteiger partial charge in [0.25, 0.3) is 11.8 Å². The van der Waals surface area contributed by atoms with Crippen LogP contribution in [-0.4, -0.2) is 38.0 Å². The van der Waals surface area contributed by atoms with Crippen LogP contribution in [0.2, 0.25) is 0 Å². The molecule has 0 aliphatic heterocycles. The summed E-state index contributed by atoms with van der Waals surface area (Å²) in [7, 11) is 1.70. The third kappa shape index (κ3) is 6.78. The van der Waals surface area contributed by atoms with Crippen molar-refractivity contribution < 1.29 is 23.7 Å². The molecule has 1 unspecified atom stereocenters. The lowest BCUT2D eigenvalue weighted by molar-refractivity contribution is -0.862. The second kappa shape index (κ2) is 9.38. The number of likely N-dealkylation sites (N-methyl/N-ethyl adjacent to an activating group) is 1. The molecular weight excluding hydrogens is 336 g/mol. The van der Waals surface area contributed by atoms with Crippen molar-refractivity contribution in [2.45, 2.75) is 13.5 Å². The van der Waals surface area contributed by atoms with Crippen LogP contribution in [0.3, 0.4) is 0 Å². The zero-order chi connectivity index (χ0) is 18.9. The number of hydrogen-bond acceptors (Lipinski definition) is 4. The van der Waals surface area contributed by atoms with Gasteiger partial charge in [0, 0.05) is 5.69 Å². The Balaban J connectivity index is 1.68. The maximum absolute atomic E-state index is 12.0. The summed E-state index contributed by atoms with van der Waals surface area (Å²) in [6.45, 7) is 2.26. The lowest BCUT2D eigenvalue weighted by Crippen LogP contribution is -3.11. The number of benzene rings is 1. The average molecular weight is 359 g/mol. The van der Waals surface area contributed by atoms with Crippen molar-refractivity contribution in [3.05, 3.63) is 54.0 Å². The summed E-state index contributed by atoms with van der Waals surface area (Å²) in [6, 6.07) is 10.3. The van der Waals surface area contributed by atoms with Crippen molar-refractivity contribution in [3.8, 4) is 0 Å². The largest absolute Gasteiger partial charge is 0.467 e. The van der Waals surface area contributed by atoms with Gasteiger partial charge in [0.2, 0.25) is 0 Å². The molecule has 1 heterocycles. The maximum Gasteiger partial charge on any atom is 0.321 e. The fourth-order valence-corrected chi connectivity index (χ4v) is 2.25. The monoisotopic (exact) mass is 359 g/mol. The molecule has 4 N–H and O–H groups in total. The van der Waals surface area contributed by atoms with Gasteiger partial charge in [0.05, 0.1) is 19.9 Å². The molecule has 0 aliphatic rings. The van der Waals surface area contributed by atoms with E-state index in [2.05, 4.69) is 16.0 Å². The van der Waals surface area contributed by atoms with E-state index in [1.54, 1.807) is 19.2 Å². The molecule has 8 heteroatoms. The SMILES string of the molecule is Cc1ccc(NC(=O)C[NH+](C)CC(=O)NC(=O)NCc2ccco2)cc1. The minimum absolute atomic E-state index is 0.00447. The number of urea groups is 1. The number of imide groups is 1. The van der Waals surface area contributed by atoms with Crippen molar-refractivity contribution in [2.75, 3.05) is 25.5 Å². The lowest BCUT2D eigenvalue weighted by Gasteiger charge is -2.13. The number of amides is 4. The molecule has 2 rings (SSSR count). The van der Waals surface area contributed by atoms with E-state index >= 15 is 0 Å². The summed E-state index contributed by atoms with van der Waals surface area (Å²) < 4.78 is 5.08. The van der Waals surface area contributed by atoms with Gasteiger partial charge in [-0.3, -0.25) is 14.9 Å². The molecule has 0 fully saturated rings. The van der Waals surface area contributed by atoms with Crippen LogP contribution >= 0.6 is 0 Å². The van der Waals surface area contributed by atoms with Crippen molar-refractivity contribution in [1.82, 2.24) is 10.6 Å². The second-order valence-electron chi connectivity index (χ2n) is 6.04. The van der Waals surface area contributed by atoms with Crippen molar-refractivity contribution >= 4 is 23.5 Å². The number of carbonyl (C=O) groups is 3. The first-order valence-electron chi connectivity index (χ1n) is 8.20. The zero-order valence-electron chi connectivity index (χ0n) is 14.8. The fraction of sp³-hybridized carbons (Fsp3) is 0.278. The topological polar surface area (TPSA) is 105 Å². The van der Waals surface area contributed by atoms with Gasteiger partial charge in [-0.2, -0.15) is 0 Å². The van der Waals surface area contributed by atoms with Crippen LogP contribution in [0.4, 0.5) is 10.5 Å². The van der Waals surface area contributed by atoms with Crippen LogP contribution in [-0.2, 0) is 16.1 Å². The summed E-state index contributed by atoms with van der Waals surface area (Å²) in [4.78, 5) is 36.2. The fourth-order valence-electron chi connectivity index (χ4n) is 2.25. The van der Waals surface area contributed by atoms with Crippen LogP contribution in [0, 0.1) is 6.92 Å². The van der Waals surface area contributed by atoms with Crippen LogP contribution in [0.5, 0.6) is 0 Å². The number of rotatable bonds is 7. The standard InChI is InChI=1S/C18H22N4O4/c1-13-5-7-14(8-6-13)20-16(23)11-22(2)12-17(24)21-18(25)19-10-15-4-3-9-26-15/h3-9H,10-12H2,1-2H3,(H,20,23)(H2,19,21,24,25)/p+1. The predicted octanol–water partition coefficient (Wildman–Crippen LogP) is 0.0672. The van der Waals surface area contributed by atoms with Gasteiger partial charge in [-0.05, 0) is 31.2 Å². The highest BCUT2D eigenvalue weighted by Crippen LogP contribution is 2.07. The van der Waals surface area contributed by atoms with Crippen LogP contribution in [0.15, 0.2) is 47.1 Å². The summed E-state index contributed by atoms with van der Waals surface area (Å²) in [5, 5.41) is 7.50. The van der Waals surface area contributed by atoms with Crippen molar-refractivity contribution in [2.24, 2.45) is 0 Å². The van der Waals surface area contributed by atoms with Gasteiger partial charge >= 0.3 is 6.03 Å². The molecule has 4 amide bonds. The first kappa shape index (κ1) is 19.2. The van der Waals surface area contributed by atoms with E-state index < -0.39 is 11.9 Å². The van der Waals surface area contributed by atoms with Gasteiger partial charge in [-0.25, -0.2) is 4.79 Å². The molecule has 1 aromatic carbocycles. The van der Waals surface area contributed by atoms with E-state index in [9.17, 15) is 14.4 Å². The van der Waals surface area contributed by atoms with Gasteiger partial charge in [0.1, 0.15) is 5.76 Å². The number of carbonyl (C=O) groups excluding carboxylic acids is 3. The Morgan fingerprint density at radius 2 is 1.73 bits per heavy atom. The Kier molecular flexibility index (Phi) is 6.92. The highest BCUT2D eigenvalue weighted by Gasteiger charge is 2.16. The van der Waals surface area contributed by atoms with Gasteiger partial charge in [-0.1, -0.05) is 17.7 Å². The third-order valence-corrected chi connectivity index (χ3v) is 3.52. The van der Waals surface area contributed by atoms with E-state index in [4.69, 9.17) is 4.42 Å². The molecule has 0 aliphatic carbocycles. The minimum Gasteiger partial charge on any atom is -0.467 e. The smallest absolute Gasteiger partial charge is 0.321 e. The number of quaternary nitrogens is 1. The Hall–Kier alpha value is -3.13. The Bertz CT molecular complexity index is 741. The summed E-state index contributed by atoms with van der Waals surface area (Å²) >= 11 is 0. The minimum atomic E-state index is -0.608.